The van der Waals surface area contributed by atoms with E-state index in [0.29, 0.717) is 12.2 Å². The van der Waals surface area contributed by atoms with Crippen LogP contribution in [0.15, 0.2) is 18.3 Å². The van der Waals surface area contributed by atoms with Crippen LogP contribution in [-0.2, 0) is 11.3 Å². The second kappa shape index (κ2) is 5.55. The number of hydrogen-bond acceptors (Lipinski definition) is 5. The highest BCUT2D eigenvalue weighted by atomic mass is 19.1. The number of carbonyl (C=O) groups excluding carboxylic acids is 1. The first-order valence-electron chi connectivity index (χ1n) is 5.79. The van der Waals surface area contributed by atoms with Gasteiger partial charge in [0.2, 0.25) is 5.95 Å². The third kappa shape index (κ3) is 3.12. The molecule has 2 aromatic rings. The molecule has 100 valence electrons. The van der Waals surface area contributed by atoms with Crippen LogP contribution in [0.4, 0.5) is 4.39 Å². The van der Waals surface area contributed by atoms with E-state index in [0.717, 1.165) is 5.56 Å². The van der Waals surface area contributed by atoms with E-state index in [4.69, 9.17) is 4.74 Å². The van der Waals surface area contributed by atoms with Crippen molar-refractivity contribution in [3.8, 4) is 0 Å². The maximum Gasteiger partial charge on any atom is 0.360 e. The van der Waals surface area contributed by atoms with Crippen LogP contribution < -0.4 is 0 Å². The van der Waals surface area contributed by atoms with Crippen LogP contribution in [0, 0.1) is 12.9 Å². The first-order valence-corrected chi connectivity index (χ1v) is 5.79. The van der Waals surface area contributed by atoms with Gasteiger partial charge in [0.1, 0.15) is 0 Å². The molecule has 0 aliphatic carbocycles. The van der Waals surface area contributed by atoms with Gasteiger partial charge in [-0.1, -0.05) is 11.3 Å². The van der Waals surface area contributed by atoms with Gasteiger partial charge in [-0.3, -0.25) is 0 Å². The van der Waals surface area contributed by atoms with Gasteiger partial charge in [0.25, 0.3) is 0 Å². The second-order valence-corrected chi connectivity index (χ2v) is 3.90. The number of rotatable bonds is 4. The fourth-order valence-corrected chi connectivity index (χ4v) is 1.58. The molecule has 0 spiro atoms. The molecule has 0 aliphatic heterocycles. The highest BCUT2D eigenvalue weighted by Crippen LogP contribution is 2.08. The molecule has 0 aliphatic rings. The predicted molar refractivity (Wildman–Crippen MR) is 64.0 cm³/mol. The lowest BCUT2D eigenvalue weighted by molar-refractivity contribution is 0.0519. The molecule has 7 heteroatoms. The second-order valence-electron chi connectivity index (χ2n) is 3.90. The molecule has 6 nitrogen and oxygen atoms in total. The van der Waals surface area contributed by atoms with E-state index in [1.807, 2.05) is 0 Å². The molecule has 2 aromatic heterocycles. The number of pyridine rings is 1. The Labute approximate surface area is 109 Å². The minimum atomic E-state index is -0.521. The zero-order chi connectivity index (χ0) is 13.8. The van der Waals surface area contributed by atoms with E-state index in [1.54, 1.807) is 19.9 Å². The number of aromatic nitrogens is 4. The van der Waals surface area contributed by atoms with Gasteiger partial charge in [-0.25, -0.2) is 14.5 Å². The highest BCUT2D eigenvalue weighted by Gasteiger charge is 2.12. The van der Waals surface area contributed by atoms with Crippen molar-refractivity contribution in [2.24, 2.45) is 0 Å². The molecular formula is C12H13FN4O2. The Balaban J connectivity index is 2.13. The average Bonchev–Trinajstić information content (AvgIpc) is 2.82. The third-order valence-corrected chi connectivity index (χ3v) is 2.52. The number of ether oxygens (including phenoxy) is 1. The van der Waals surface area contributed by atoms with Gasteiger partial charge in [-0.15, -0.1) is 5.10 Å². The SMILES string of the molecule is CCOC(=O)c1cn(Cc2ccc(F)nc2C)nn1. The molecule has 2 rings (SSSR count). The molecule has 0 saturated carbocycles. The van der Waals surface area contributed by atoms with Gasteiger partial charge >= 0.3 is 5.97 Å². The summed E-state index contributed by atoms with van der Waals surface area (Å²) in [4.78, 5) is 15.1. The van der Waals surface area contributed by atoms with Crippen LogP contribution in [0.5, 0.6) is 0 Å². The van der Waals surface area contributed by atoms with E-state index >= 15 is 0 Å². The van der Waals surface area contributed by atoms with E-state index in [9.17, 15) is 9.18 Å². The van der Waals surface area contributed by atoms with Gasteiger partial charge < -0.3 is 4.74 Å². The summed E-state index contributed by atoms with van der Waals surface area (Å²) < 4.78 is 19.2. The van der Waals surface area contributed by atoms with E-state index in [1.165, 1.54) is 16.9 Å². The predicted octanol–water partition coefficient (Wildman–Crippen LogP) is 1.35. The van der Waals surface area contributed by atoms with Gasteiger partial charge in [0.05, 0.1) is 19.3 Å². The molecule has 0 unspecified atom stereocenters. The molecule has 0 atom stereocenters. The molecule has 0 N–H and O–H groups in total. The summed E-state index contributed by atoms with van der Waals surface area (Å²) in [6.45, 7) is 4.08. The van der Waals surface area contributed by atoms with E-state index < -0.39 is 11.9 Å². The summed E-state index contributed by atoms with van der Waals surface area (Å²) in [5.41, 5.74) is 1.53. The summed E-state index contributed by atoms with van der Waals surface area (Å²) in [5.74, 6) is -1.03. The maximum atomic E-state index is 12.9. The number of esters is 1. The van der Waals surface area contributed by atoms with Crippen molar-refractivity contribution in [3.63, 3.8) is 0 Å². The standard InChI is InChI=1S/C12H13FN4O2/c1-3-19-12(18)10-7-17(16-15-10)6-9-4-5-11(13)14-8(9)2/h4-5,7H,3,6H2,1-2H3. The summed E-state index contributed by atoms with van der Waals surface area (Å²) in [6, 6.07) is 2.91. The van der Waals surface area contributed by atoms with Crippen molar-refractivity contribution in [1.82, 2.24) is 20.0 Å². The fourth-order valence-electron chi connectivity index (χ4n) is 1.58. The molecule has 0 radical (unpaired) electrons. The maximum absolute atomic E-state index is 12.9. The van der Waals surface area contributed by atoms with Crippen molar-refractivity contribution < 1.29 is 13.9 Å². The third-order valence-electron chi connectivity index (χ3n) is 2.52. The van der Waals surface area contributed by atoms with Crippen molar-refractivity contribution in [1.29, 1.82) is 0 Å². The Bertz CT molecular complexity index is 597. The number of aryl methyl sites for hydroxylation is 1. The summed E-state index contributed by atoms with van der Waals surface area (Å²) in [6.07, 6.45) is 1.49. The van der Waals surface area contributed by atoms with Crippen molar-refractivity contribution >= 4 is 5.97 Å². The minimum Gasteiger partial charge on any atom is -0.461 e. The summed E-state index contributed by atoms with van der Waals surface area (Å²) in [5, 5.41) is 7.54. The highest BCUT2D eigenvalue weighted by molar-refractivity contribution is 5.86. The Kier molecular flexibility index (Phi) is 3.84. The molecule has 0 aromatic carbocycles. The monoisotopic (exact) mass is 264 g/mol. The number of carbonyl (C=O) groups is 1. The zero-order valence-electron chi connectivity index (χ0n) is 10.6. The van der Waals surface area contributed by atoms with Crippen molar-refractivity contribution in [2.75, 3.05) is 6.61 Å². The van der Waals surface area contributed by atoms with Gasteiger partial charge in [-0.2, -0.15) is 4.39 Å². The van der Waals surface area contributed by atoms with Crippen LogP contribution >= 0.6 is 0 Å². The van der Waals surface area contributed by atoms with Gasteiger partial charge in [0.15, 0.2) is 5.69 Å². The quantitative estimate of drug-likeness (QED) is 0.615. The topological polar surface area (TPSA) is 69.9 Å². The Hall–Kier alpha value is -2.31. The van der Waals surface area contributed by atoms with Crippen LogP contribution in [-0.4, -0.2) is 32.6 Å². The smallest absolute Gasteiger partial charge is 0.360 e. The molecule has 0 amide bonds. The van der Waals surface area contributed by atoms with Gasteiger partial charge in [0, 0.05) is 5.69 Å². The molecule has 0 bridgehead atoms. The first kappa shape index (κ1) is 13.1. The molecular weight excluding hydrogens is 251 g/mol. The summed E-state index contributed by atoms with van der Waals surface area (Å²) in [7, 11) is 0. The number of nitrogens with zero attached hydrogens (tertiary/aromatic N) is 4. The van der Waals surface area contributed by atoms with Crippen LogP contribution in [0.25, 0.3) is 0 Å². The van der Waals surface area contributed by atoms with Crippen molar-refractivity contribution in [3.05, 3.63) is 41.2 Å². The lowest BCUT2D eigenvalue weighted by atomic mass is 10.2. The van der Waals surface area contributed by atoms with E-state index in [-0.39, 0.29) is 12.3 Å². The molecule has 0 fully saturated rings. The average molecular weight is 264 g/mol. The molecule has 19 heavy (non-hydrogen) atoms. The van der Waals surface area contributed by atoms with Crippen LogP contribution in [0.1, 0.15) is 28.7 Å². The summed E-state index contributed by atoms with van der Waals surface area (Å²) >= 11 is 0. The normalized spacial score (nSPS) is 10.5. The Morgan fingerprint density at radius 1 is 1.47 bits per heavy atom. The number of hydrogen-bond donors (Lipinski definition) is 0. The van der Waals surface area contributed by atoms with Crippen LogP contribution in [0.2, 0.25) is 0 Å². The lowest BCUT2D eigenvalue weighted by Crippen LogP contribution is -2.05. The van der Waals surface area contributed by atoms with Gasteiger partial charge in [-0.05, 0) is 25.5 Å². The van der Waals surface area contributed by atoms with Crippen molar-refractivity contribution in [2.45, 2.75) is 20.4 Å². The number of halogens is 1. The van der Waals surface area contributed by atoms with E-state index in [2.05, 4.69) is 15.3 Å². The Morgan fingerprint density at radius 2 is 2.26 bits per heavy atom. The fraction of sp³-hybridized carbons (Fsp3) is 0.333. The van der Waals surface area contributed by atoms with Crippen LogP contribution in [0.3, 0.4) is 0 Å². The zero-order valence-corrected chi connectivity index (χ0v) is 10.6. The molecule has 0 saturated heterocycles. The first-order chi connectivity index (χ1) is 9.10. The Morgan fingerprint density at radius 3 is 2.95 bits per heavy atom. The minimum absolute atomic E-state index is 0.148. The molecule has 2 heterocycles. The largest absolute Gasteiger partial charge is 0.461 e. The lowest BCUT2D eigenvalue weighted by Gasteiger charge is -2.04.